The predicted octanol–water partition coefficient (Wildman–Crippen LogP) is 2.91. The molecule has 0 aliphatic rings. The molecule has 12 heavy (non-hydrogen) atoms. The number of rotatable bonds is 1. The van der Waals surface area contributed by atoms with Gasteiger partial charge in [-0.25, -0.2) is 0 Å². The van der Waals surface area contributed by atoms with Gasteiger partial charge in [0.1, 0.15) is 11.2 Å². The topological polar surface area (TPSA) is 39.6 Å². The lowest BCUT2D eigenvalue weighted by atomic mass is 10.2. The Morgan fingerprint density at radius 2 is 2.42 bits per heavy atom. The number of nitrogens with zero attached hydrogens (tertiary/aromatic N) is 1. The van der Waals surface area contributed by atoms with Gasteiger partial charge in [0.25, 0.3) is 0 Å². The second-order valence-electron chi connectivity index (χ2n) is 2.08. The number of aromatic nitrogens is 1. The molecular formula is C8H5ClN2S. The van der Waals surface area contributed by atoms with Gasteiger partial charge in [0.2, 0.25) is 0 Å². The number of pyridine rings is 1. The third-order valence-electron chi connectivity index (χ3n) is 1.39. The van der Waals surface area contributed by atoms with E-state index in [4.69, 9.17) is 29.1 Å². The Bertz CT molecular complexity index is 414. The van der Waals surface area contributed by atoms with Crippen molar-refractivity contribution in [2.45, 2.75) is 0 Å². The summed E-state index contributed by atoms with van der Waals surface area (Å²) in [4.78, 5) is 2.72. The van der Waals surface area contributed by atoms with Crippen molar-refractivity contribution in [3.63, 3.8) is 0 Å². The van der Waals surface area contributed by atoms with E-state index in [-0.39, 0.29) is 0 Å². The van der Waals surface area contributed by atoms with Gasteiger partial charge in [-0.3, -0.25) is 0 Å². The highest BCUT2D eigenvalue weighted by molar-refractivity contribution is 7.71. The molecule has 60 valence electrons. The van der Waals surface area contributed by atoms with E-state index < -0.39 is 0 Å². The Morgan fingerprint density at radius 3 is 2.92 bits per heavy atom. The second-order valence-corrected chi connectivity index (χ2v) is 2.86. The van der Waals surface area contributed by atoms with Crippen LogP contribution in [-0.2, 0) is 0 Å². The molecule has 0 bridgehead atoms. The quantitative estimate of drug-likeness (QED) is 0.554. The zero-order chi connectivity index (χ0) is 9.14. The zero-order valence-corrected chi connectivity index (χ0v) is 7.67. The minimum absolute atomic E-state index is 0.407. The van der Waals surface area contributed by atoms with Crippen molar-refractivity contribution < 1.29 is 0 Å². The van der Waals surface area contributed by atoms with Gasteiger partial charge in [0.15, 0.2) is 0 Å². The molecule has 0 fully saturated rings. The van der Waals surface area contributed by atoms with E-state index in [1.54, 1.807) is 0 Å². The Morgan fingerprint density at radius 1 is 1.75 bits per heavy atom. The number of aromatic amines is 1. The standard InChI is InChI=1S/C8H5ClN2S/c1-2-6-7(12)5(3-10)4-11-8(6)9/h2,4H,1H2,(H,11,12). The normalized spacial score (nSPS) is 9.00. The molecule has 0 spiro atoms. The van der Waals surface area contributed by atoms with Crippen LogP contribution in [0.3, 0.4) is 0 Å². The van der Waals surface area contributed by atoms with Crippen molar-refractivity contribution in [2.24, 2.45) is 0 Å². The molecule has 4 heteroatoms. The summed E-state index contributed by atoms with van der Waals surface area (Å²) >= 11 is 10.7. The molecule has 1 N–H and O–H groups in total. The van der Waals surface area contributed by atoms with Gasteiger partial charge in [0, 0.05) is 11.8 Å². The van der Waals surface area contributed by atoms with Crippen LogP contribution in [0.4, 0.5) is 0 Å². The summed E-state index contributed by atoms with van der Waals surface area (Å²) in [6.45, 7) is 3.55. The zero-order valence-electron chi connectivity index (χ0n) is 6.10. The van der Waals surface area contributed by atoms with Gasteiger partial charge in [0.05, 0.1) is 10.1 Å². The number of nitriles is 1. The summed E-state index contributed by atoms with van der Waals surface area (Å²) in [7, 11) is 0. The minimum Gasteiger partial charge on any atom is -0.351 e. The molecule has 2 nitrogen and oxygen atoms in total. The molecule has 0 aliphatic heterocycles. The van der Waals surface area contributed by atoms with Crippen LogP contribution in [0.25, 0.3) is 6.08 Å². The molecule has 0 saturated heterocycles. The van der Waals surface area contributed by atoms with Crippen LogP contribution in [-0.4, -0.2) is 4.98 Å². The third-order valence-corrected chi connectivity index (χ3v) is 2.15. The van der Waals surface area contributed by atoms with Crippen LogP contribution in [0.5, 0.6) is 0 Å². The molecule has 0 saturated carbocycles. The maximum Gasteiger partial charge on any atom is 0.115 e. The average Bonchev–Trinajstić information content (AvgIpc) is 2.06. The van der Waals surface area contributed by atoms with E-state index in [1.165, 1.54) is 12.3 Å². The first kappa shape index (κ1) is 8.98. The van der Waals surface area contributed by atoms with E-state index in [9.17, 15) is 0 Å². The van der Waals surface area contributed by atoms with Crippen LogP contribution >= 0.6 is 23.8 Å². The number of halogens is 1. The fraction of sp³-hybridized carbons (Fsp3) is 0. The van der Waals surface area contributed by atoms with E-state index in [0.29, 0.717) is 20.8 Å². The molecule has 1 aromatic heterocycles. The molecule has 0 aromatic carbocycles. The summed E-state index contributed by atoms with van der Waals surface area (Å²) in [5.74, 6) is 0. The lowest BCUT2D eigenvalue weighted by Gasteiger charge is -1.98. The molecule has 0 unspecified atom stereocenters. The van der Waals surface area contributed by atoms with Gasteiger partial charge < -0.3 is 4.98 Å². The summed E-state index contributed by atoms with van der Waals surface area (Å²) in [5.41, 5.74) is 1.01. The number of hydrogen-bond donors (Lipinski definition) is 1. The molecule has 1 rings (SSSR count). The summed E-state index contributed by atoms with van der Waals surface area (Å²) < 4.78 is 0.441. The maximum absolute atomic E-state index is 8.62. The summed E-state index contributed by atoms with van der Waals surface area (Å²) in [6, 6.07) is 1.96. The lowest BCUT2D eigenvalue weighted by molar-refractivity contribution is 1.28. The predicted molar refractivity (Wildman–Crippen MR) is 51.4 cm³/mol. The third kappa shape index (κ3) is 1.40. The van der Waals surface area contributed by atoms with Crippen LogP contribution < -0.4 is 0 Å². The molecular weight excluding hydrogens is 192 g/mol. The van der Waals surface area contributed by atoms with Crippen molar-refractivity contribution in [2.75, 3.05) is 0 Å². The molecule has 0 radical (unpaired) electrons. The smallest absolute Gasteiger partial charge is 0.115 e. The Hall–Kier alpha value is -1.11. The molecule has 0 aliphatic carbocycles. The van der Waals surface area contributed by atoms with E-state index in [1.807, 2.05) is 6.07 Å². The van der Waals surface area contributed by atoms with E-state index >= 15 is 0 Å². The Kier molecular flexibility index (Phi) is 2.64. The van der Waals surface area contributed by atoms with Crippen molar-refractivity contribution in [1.82, 2.24) is 4.98 Å². The minimum atomic E-state index is 0.407. The molecule has 1 heterocycles. The van der Waals surface area contributed by atoms with Crippen molar-refractivity contribution in [1.29, 1.82) is 5.26 Å². The Labute approximate surface area is 80.1 Å². The molecule has 0 atom stereocenters. The Balaban J connectivity index is 3.58. The first-order chi connectivity index (χ1) is 5.70. The van der Waals surface area contributed by atoms with Crippen LogP contribution in [0.1, 0.15) is 11.1 Å². The average molecular weight is 197 g/mol. The fourth-order valence-electron chi connectivity index (χ4n) is 0.789. The molecule has 1 aromatic rings. The number of H-pyrrole nitrogens is 1. The first-order valence-electron chi connectivity index (χ1n) is 3.14. The fourth-order valence-corrected chi connectivity index (χ4v) is 1.36. The number of nitrogens with one attached hydrogen (secondary N) is 1. The highest BCUT2D eigenvalue weighted by Gasteiger charge is 2.02. The van der Waals surface area contributed by atoms with Crippen molar-refractivity contribution in [3.8, 4) is 6.07 Å². The lowest BCUT2D eigenvalue weighted by Crippen LogP contribution is -1.86. The molecule has 0 amide bonds. The van der Waals surface area contributed by atoms with Gasteiger partial charge in [-0.05, 0) is 0 Å². The van der Waals surface area contributed by atoms with Crippen LogP contribution in [0.2, 0.25) is 5.15 Å². The van der Waals surface area contributed by atoms with Gasteiger partial charge in [-0.15, -0.1) is 0 Å². The van der Waals surface area contributed by atoms with E-state index in [0.717, 1.165) is 0 Å². The highest BCUT2D eigenvalue weighted by Crippen LogP contribution is 2.17. The summed E-state index contributed by atoms with van der Waals surface area (Å²) in [5, 5.41) is 9.03. The maximum atomic E-state index is 8.62. The first-order valence-corrected chi connectivity index (χ1v) is 3.93. The number of hydrogen-bond acceptors (Lipinski definition) is 2. The second kappa shape index (κ2) is 3.53. The van der Waals surface area contributed by atoms with E-state index in [2.05, 4.69) is 11.6 Å². The van der Waals surface area contributed by atoms with Crippen molar-refractivity contribution in [3.05, 3.63) is 33.6 Å². The summed E-state index contributed by atoms with van der Waals surface area (Å²) in [6.07, 6.45) is 3.01. The van der Waals surface area contributed by atoms with Crippen molar-refractivity contribution >= 4 is 29.9 Å². The highest BCUT2D eigenvalue weighted by atomic mass is 35.5. The van der Waals surface area contributed by atoms with Crippen LogP contribution in [0, 0.1) is 15.8 Å². The SMILES string of the molecule is C=Cc1c(Cl)[nH]cc(C#N)c1=S. The van der Waals surface area contributed by atoms with Gasteiger partial charge in [-0.2, -0.15) is 5.26 Å². The van der Waals surface area contributed by atoms with Gasteiger partial charge >= 0.3 is 0 Å². The monoisotopic (exact) mass is 196 g/mol. The largest absolute Gasteiger partial charge is 0.351 e. The van der Waals surface area contributed by atoms with Gasteiger partial charge in [-0.1, -0.05) is 36.5 Å². The van der Waals surface area contributed by atoms with Crippen LogP contribution in [0.15, 0.2) is 12.8 Å².